The van der Waals surface area contributed by atoms with Crippen molar-refractivity contribution in [2.45, 2.75) is 70.1 Å². The smallest absolute Gasteiger partial charge is 0.296 e. The van der Waals surface area contributed by atoms with E-state index < -0.39 is 45.0 Å². The zero-order chi connectivity index (χ0) is 42.1. The van der Waals surface area contributed by atoms with Crippen LogP contribution in [0.5, 0.6) is 0 Å². The van der Waals surface area contributed by atoms with Crippen molar-refractivity contribution in [2.75, 3.05) is 10.6 Å². The number of hydrogen-bond acceptors (Lipinski definition) is 10. The largest absolute Gasteiger partial charge is 0.456 e. The Bertz CT molecular complexity index is 3100. The summed E-state index contributed by atoms with van der Waals surface area (Å²) in [5.74, 6) is -0.272. The van der Waals surface area contributed by atoms with Gasteiger partial charge in [0.1, 0.15) is 26.0 Å². The van der Waals surface area contributed by atoms with E-state index in [1.165, 1.54) is 51.1 Å². The molecular formula is C40H39N3O11S3. The first-order valence-corrected chi connectivity index (χ1v) is 21.6. The first-order chi connectivity index (χ1) is 26.4. The summed E-state index contributed by atoms with van der Waals surface area (Å²) in [4.78, 5) is 14.9. The minimum atomic E-state index is -5.09. The maximum atomic E-state index is 13.1. The van der Waals surface area contributed by atoms with Crippen molar-refractivity contribution in [3.05, 3.63) is 105 Å². The fraction of sp³-hybridized carbons (Fsp3) is 0.200. The van der Waals surface area contributed by atoms with E-state index >= 15 is 0 Å². The molecule has 0 fully saturated rings. The Morgan fingerprint density at radius 3 is 1.89 bits per heavy atom. The van der Waals surface area contributed by atoms with Gasteiger partial charge in [0.15, 0.2) is 0 Å². The van der Waals surface area contributed by atoms with Gasteiger partial charge in [-0.1, -0.05) is 24.3 Å². The number of nitrogens with zero attached hydrogens (tertiary/aromatic N) is 1. The lowest BCUT2D eigenvalue weighted by Crippen LogP contribution is -2.17. The molecule has 1 amide bonds. The number of amides is 1. The topological polar surface area (TPSA) is 230 Å². The molecule has 1 heterocycles. The molecular weight excluding hydrogens is 795 g/mol. The average Bonchev–Trinajstić information content (AvgIpc) is 3.10. The first-order valence-electron chi connectivity index (χ1n) is 17.3. The van der Waals surface area contributed by atoms with Crippen LogP contribution in [-0.2, 0) is 35.1 Å². The van der Waals surface area contributed by atoms with E-state index in [1.54, 1.807) is 32.0 Å². The molecule has 298 valence electrons. The monoisotopic (exact) mass is 833 g/mol. The van der Waals surface area contributed by atoms with Crippen LogP contribution in [0.3, 0.4) is 0 Å². The Morgan fingerprint density at radius 1 is 0.649 bits per heavy atom. The molecule has 1 aliphatic heterocycles. The normalized spacial score (nSPS) is 12.7. The molecule has 14 nitrogen and oxygen atoms in total. The van der Waals surface area contributed by atoms with Crippen molar-refractivity contribution in [1.29, 1.82) is 0 Å². The molecule has 0 unspecified atom stereocenters. The van der Waals surface area contributed by atoms with Crippen LogP contribution in [0.25, 0.3) is 33.4 Å². The second-order valence-electron chi connectivity index (χ2n) is 13.9. The molecule has 4 aromatic carbocycles. The van der Waals surface area contributed by atoms with E-state index in [0.29, 0.717) is 33.6 Å². The fourth-order valence-electron chi connectivity index (χ4n) is 7.33. The maximum Gasteiger partial charge on any atom is 0.296 e. The fourth-order valence-corrected chi connectivity index (χ4v) is 9.69. The summed E-state index contributed by atoms with van der Waals surface area (Å²) in [6, 6.07) is 14.7. The van der Waals surface area contributed by atoms with E-state index in [-0.39, 0.29) is 56.1 Å². The third-order valence-electron chi connectivity index (χ3n) is 10.1. The molecule has 0 spiro atoms. The number of rotatable bonds is 8. The molecule has 0 radical (unpaired) electrons. The molecule has 6 rings (SSSR count). The highest BCUT2D eigenvalue weighted by molar-refractivity contribution is 7.86. The van der Waals surface area contributed by atoms with Gasteiger partial charge in [-0.3, -0.25) is 18.5 Å². The first kappa shape index (κ1) is 41.2. The Kier molecular flexibility index (Phi) is 10.5. The standard InChI is InChI=1S/C40H39N3O11S3/c1-19-15-20(2)38(24(6)37(19)41-26(8)44)42-27-13-14-28-32(16-27)54-33-18-31(43-39-22(4)21(3)23(5)40(25(39)7)57(51,52)53)35(56(48,49)50)17-30(33)36(28)29-11-9-10-12-34(29)55(45,46)47/h9-18,42H,1-8H3,(H,41,44)(H,45,46,47)(H,48,49,50)(H,51,52,53). The molecule has 0 saturated heterocycles. The van der Waals surface area contributed by atoms with E-state index in [1.807, 2.05) is 26.8 Å². The molecule has 2 aliphatic rings. The van der Waals surface area contributed by atoms with Gasteiger partial charge in [0, 0.05) is 58.2 Å². The molecule has 0 aromatic heterocycles. The zero-order valence-corrected chi connectivity index (χ0v) is 34.5. The number of anilines is 3. The molecule has 57 heavy (non-hydrogen) atoms. The summed E-state index contributed by atoms with van der Waals surface area (Å²) >= 11 is 0. The number of fused-ring (bicyclic) bond motifs is 2. The molecule has 0 bridgehead atoms. The molecule has 5 N–H and O–H groups in total. The van der Waals surface area contributed by atoms with Gasteiger partial charge in [0.2, 0.25) is 5.91 Å². The zero-order valence-electron chi connectivity index (χ0n) is 32.1. The highest BCUT2D eigenvalue weighted by Crippen LogP contribution is 2.44. The van der Waals surface area contributed by atoms with Crippen molar-refractivity contribution < 1.29 is 48.1 Å². The third kappa shape index (κ3) is 7.69. The van der Waals surface area contributed by atoms with E-state index in [2.05, 4.69) is 15.6 Å². The summed E-state index contributed by atoms with van der Waals surface area (Å²) in [7, 11) is -14.7. The van der Waals surface area contributed by atoms with Crippen LogP contribution < -0.4 is 16.0 Å². The molecule has 0 saturated carbocycles. The Labute approximate surface area is 329 Å². The summed E-state index contributed by atoms with van der Waals surface area (Å²) < 4.78 is 114. The minimum absolute atomic E-state index is 0.0127. The van der Waals surface area contributed by atoms with Crippen LogP contribution in [0.15, 0.2) is 84.8 Å². The molecule has 1 aliphatic carbocycles. The SMILES string of the molecule is CC(=O)Nc1c(C)cc(C)c(Nc2ccc3c(-c4ccccc4S(=O)(=O)O)c4cc(S(=O)(=O)O)c(=Nc5c(C)c(C)c(C)c(S(=O)(=O)O)c5C)cc-4oc3c2)c1C. The van der Waals surface area contributed by atoms with Gasteiger partial charge < -0.3 is 15.1 Å². The van der Waals surface area contributed by atoms with Gasteiger partial charge in [0.05, 0.1) is 11.0 Å². The number of aryl methyl sites for hydroxylation is 2. The van der Waals surface area contributed by atoms with Crippen LogP contribution in [0.2, 0.25) is 0 Å². The minimum Gasteiger partial charge on any atom is -0.456 e. The van der Waals surface area contributed by atoms with E-state index in [4.69, 9.17) is 4.42 Å². The van der Waals surface area contributed by atoms with Crippen LogP contribution in [-0.4, -0.2) is 44.8 Å². The molecule has 4 aromatic rings. The van der Waals surface area contributed by atoms with Crippen LogP contribution in [0.4, 0.5) is 22.7 Å². The van der Waals surface area contributed by atoms with Gasteiger partial charge in [-0.25, -0.2) is 4.99 Å². The Hall–Kier alpha value is -5.43. The summed E-state index contributed by atoms with van der Waals surface area (Å²) in [6.07, 6.45) is 0. The predicted octanol–water partition coefficient (Wildman–Crippen LogP) is 8.04. The quantitative estimate of drug-likeness (QED) is 0.0725. The average molecular weight is 834 g/mol. The maximum absolute atomic E-state index is 13.1. The number of carbonyl (C=O) groups excluding carboxylic acids is 1. The highest BCUT2D eigenvalue weighted by Gasteiger charge is 2.28. The Balaban J connectivity index is 1.74. The summed E-state index contributed by atoms with van der Waals surface area (Å²) in [6.45, 7) is 13.2. The second kappa shape index (κ2) is 14.5. The molecule has 17 heteroatoms. The number of benzene rings is 5. The van der Waals surface area contributed by atoms with Crippen molar-refractivity contribution in [3.8, 4) is 22.5 Å². The summed E-state index contributed by atoms with van der Waals surface area (Å²) in [5.41, 5.74) is 5.90. The van der Waals surface area contributed by atoms with Gasteiger partial charge in [-0.05, 0) is 112 Å². The van der Waals surface area contributed by atoms with E-state index in [0.717, 1.165) is 22.8 Å². The number of carbonyl (C=O) groups is 1. The van der Waals surface area contributed by atoms with Crippen LogP contribution >= 0.6 is 0 Å². The van der Waals surface area contributed by atoms with Gasteiger partial charge in [-0.2, -0.15) is 25.3 Å². The third-order valence-corrected chi connectivity index (χ3v) is 13.0. The van der Waals surface area contributed by atoms with Crippen molar-refractivity contribution >= 4 is 70.0 Å². The van der Waals surface area contributed by atoms with Crippen molar-refractivity contribution in [2.24, 2.45) is 4.99 Å². The van der Waals surface area contributed by atoms with Gasteiger partial charge in [-0.15, -0.1) is 0 Å². The van der Waals surface area contributed by atoms with Gasteiger partial charge in [0.25, 0.3) is 30.4 Å². The lowest BCUT2D eigenvalue weighted by atomic mass is 9.93. The van der Waals surface area contributed by atoms with Gasteiger partial charge >= 0.3 is 0 Å². The van der Waals surface area contributed by atoms with Crippen molar-refractivity contribution in [1.82, 2.24) is 0 Å². The van der Waals surface area contributed by atoms with Crippen molar-refractivity contribution in [3.63, 3.8) is 0 Å². The summed E-state index contributed by atoms with van der Waals surface area (Å²) in [5, 5.41) is 6.19. The van der Waals surface area contributed by atoms with E-state index in [9.17, 15) is 43.7 Å². The highest BCUT2D eigenvalue weighted by atomic mass is 32.2. The predicted molar refractivity (Wildman–Crippen MR) is 217 cm³/mol. The number of nitrogens with one attached hydrogen (secondary N) is 2. The van der Waals surface area contributed by atoms with Crippen LogP contribution in [0.1, 0.15) is 45.9 Å². The second-order valence-corrected chi connectivity index (χ2v) is 18.0. The lowest BCUT2D eigenvalue weighted by Gasteiger charge is -2.21. The van der Waals surface area contributed by atoms with Crippen LogP contribution in [0, 0.1) is 48.5 Å². The molecule has 0 atom stereocenters. The number of hydrogen-bond donors (Lipinski definition) is 5. The lowest BCUT2D eigenvalue weighted by molar-refractivity contribution is -0.114. The Morgan fingerprint density at radius 2 is 1.28 bits per heavy atom.